The van der Waals surface area contributed by atoms with Gasteiger partial charge in [-0.25, -0.2) is 0 Å². The molecular weight excluding hydrogens is 176 g/mol. The predicted octanol–water partition coefficient (Wildman–Crippen LogP) is 1.42. The minimum atomic E-state index is 0.183. The summed E-state index contributed by atoms with van der Waals surface area (Å²) in [5.41, 5.74) is 5.32. The zero-order valence-corrected chi connectivity index (χ0v) is 8.93. The molecule has 0 radical (unpaired) electrons. The lowest BCUT2D eigenvalue weighted by Gasteiger charge is -2.13. The van der Waals surface area contributed by atoms with Crippen LogP contribution in [0.1, 0.15) is 44.9 Å². The molecule has 3 heteroatoms. The molecule has 1 amide bonds. The van der Waals surface area contributed by atoms with Crippen molar-refractivity contribution >= 4 is 5.91 Å². The van der Waals surface area contributed by atoms with Crippen molar-refractivity contribution in [2.45, 2.75) is 44.9 Å². The van der Waals surface area contributed by atoms with E-state index >= 15 is 0 Å². The molecule has 14 heavy (non-hydrogen) atoms. The summed E-state index contributed by atoms with van der Waals surface area (Å²) >= 11 is 0. The van der Waals surface area contributed by atoms with Gasteiger partial charge in [0.05, 0.1) is 0 Å². The fourth-order valence-corrected chi connectivity index (χ4v) is 2.11. The maximum atomic E-state index is 11.4. The van der Waals surface area contributed by atoms with Crippen molar-refractivity contribution in [3.63, 3.8) is 0 Å². The topological polar surface area (TPSA) is 55.1 Å². The number of rotatable bonds is 4. The maximum absolute atomic E-state index is 11.4. The van der Waals surface area contributed by atoms with E-state index in [1.807, 2.05) is 0 Å². The van der Waals surface area contributed by atoms with Gasteiger partial charge >= 0.3 is 0 Å². The third-order valence-corrected chi connectivity index (χ3v) is 2.92. The molecule has 82 valence electrons. The van der Waals surface area contributed by atoms with Gasteiger partial charge in [-0.2, -0.15) is 0 Å². The molecule has 0 aromatic carbocycles. The van der Waals surface area contributed by atoms with Crippen LogP contribution in [0, 0.1) is 5.92 Å². The van der Waals surface area contributed by atoms with Crippen molar-refractivity contribution in [3.05, 3.63) is 0 Å². The summed E-state index contributed by atoms with van der Waals surface area (Å²) in [6.07, 6.45) is 8.47. The summed E-state index contributed by atoms with van der Waals surface area (Å²) in [5.74, 6) is 0.803. The lowest BCUT2D eigenvalue weighted by molar-refractivity contribution is -0.122. The van der Waals surface area contributed by atoms with Crippen molar-refractivity contribution in [2.75, 3.05) is 13.1 Å². The molecule has 0 aromatic rings. The van der Waals surface area contributed by atoms with E-state index in [0.717, 1.165) is 0 Å². The van der Waals surface area contributed by atoms with Gasteiger partial charge < -0.3 is 11.1 Å². The van der Waals surface area contributed by atoms with Gasteiger partial charge in [0.25, 0.3) is 0 Å². The largest absolute Gasteiger partial charge is 0.355 e. The zero-order chi connectivity index (χ0) is 10.2. The van der Waals surface area contributed by atoms with Gasteiger partial charge in [0, 0.05) is 19.5 Å². The minimum Gasteiger partial charge on any atom is -0.355 e. The second-order valence-corrected chi connectivity index (χ2v) is 4.20. The highest BCUT2D eigenvalue weighted by Gasteiger charge is 2.15. The first kappa shape index (κ1) is 11.5. The first-order chi connectivity index (χ1) is 6.83. The number of hydrogen-bond donors (Lipinski definition) is 2. The summed E-state index contributed by atoms with van der Waals surface area (Å²) in [6.45, 7) is 1.15. The molecule has 0 aliphatic heterocycles. The molecule has 1 fully saturated rings. The van der Waals surface area contributed by atoms with Crippen LogP contribution in [0.4, 0.5) is 0 Å². The molecule has 0 spiro atoms. The molecule has 0 heterocycles. The van der Waals surface area contributed by atoms with E-state index in [9.17, 15) is 4.79 Å². The van der Waals surface area contributed by atoms with Crippen LogP contribution in [0.5, 0.6) is 0 Å². The first-order valence-electron chi connectivity index (χ1n) is 5.79. The monoisotopic (exact) mass is 198 g/mol. The molecule has 3 nitrogen and oxygen atoms in total. The Hall–Kier alpha value is -0.570. The van der Waals surface area contributed by atoms with Crippen molar-refractivity contribution in [1.82, 2.24) is 5.32 Å². The predicted molar refractivity (Wildman–Crippen MR) is 57.9 cm³/mol. The van der Waals surface area contributed by atoms with Gasteiger partial charge in [-0.15, -0.1) is 0 Å². The van der Waals surface area contributed by atoms with Crippen LogP contribution in [-0.2, 0) is 4.79 Å². The van der Waals surface area contributed by atoms with E-state index in [4.69, 9.17) is 5.73 Å². The van der Waals surface area contributed by atoms with E-state index in [1.54, 1.807) is 0 Å². The molecule has 0 unspecified atom stereocenters. The Morgan fingerprint density at radius 1 is 1.21 bits per heavy atom. The maximum Gasteiger partial charge on any atom is 0.220 e. The van der Waals surface area contributed by atoms with Crippen LogP contribution in [0.3, 0.4) is 0 Å². The molecule has 0 saturated heterocycles. The van der Waals surface area contributed by atoms with E-state index < -0.39 is 0 Å². The van der Waals surface area contributed by atoms with Crippen LogP contribution >= 0.6 is 0 Å². The summed E-state index contributed by atoms with van der Waals surface area (Å²) < 4.78 is 0. The number of nitrogens with two attached hydrogens (primary N) is 1. The van der Waals surface area contributed by atoms with Gasteiger partial charge in [-0.1, -0.05) is 25.7 Å². The third-order valence-electron chi connectivity index (χ3n) is 2.92. The quantitative estimate of drug-likeness (QED) is 0.671. The Balaban J connectivity index is 2.17. The van der Waals surface area contributed by atoms with Crippen molar-refractivity contribution < 1.29 is 4.79 Å². The van der Waals surface area contributed by atoms with Crippen LogP contribution in [0.25, 0.3) is 0 Å². The Bertz CT molecular complexity index is 163. The number of carbonyl (C=O) groups is 1. The lowest BCUT2D eigenvalue weighted by Crippen LogP contribution is -2.30. The summed E-state index contributed by atoms with van der Waals surface area (Å²) in [5, 5.41) is 2.84. The lowest BCUT2D eigenvalue weighted by atomic mass is 9.96. The Morgan fingerprint density at radius 2 is 1.86 bits per heavy atom. The van der Waals surface area contributed by atoms with Gasteiger partial charge in [0.2, 0.25) is 5.91 Å². The van der Waals surface area contributed by atoms with Gasteiger partial charge in [0.1, 0.15) is 0 Å². The van der Waals surface area contributed by atoms with Crippen LogP contribution < -0.4 is 11.1 Å². The van der Waals surface area contributed by atoms with E-state index in [1.165, 1.54) is 38.5 Å². The highest BCUT2D eigenvalue weighted by Crippen LogP contribution is 2.25. The fraction of sp³-hybridized carbons (Fsp3) is 0.909. The fourth-order valence-electron chi connectivity index (χ4n) is 2.11. The smallest absolute Gasteiger partial charge is 0.220 e. The van der Waals surface area contributed by atoms with Crippen molar-refractivity contribution in [3.8, 4) is 0 Å². The molecule has 1 rings (SSSR count). The Morgan fingerprint density at radius 3 is 2.43 bits per heavy atom. The average Bonchev–Trinajstić information content (AvgIpc) is 2.43. The molecule has 0 bridgehead atoms. The standard InChI is InChI=1S/C11H22N2O/c12-7-8-13-11(14)9-10-5-3-1-2-4-6-10/h10H,1-9,12H2,(H,13,14). The normalized spacial score (nSPS) is 18.9. The third kappa shape index (κ3) is 4.61. The van der Waals surface area contributed by atoms with Crippen molar-refractivity contribution in [1.29, 1.82) is 0 Å². The van der Waals surface area contributed by atoms with E-state index in [2.05, 4.69) is 5.32 Å². The number of nitrogens with one attached hydrogen (secondary N) is 1. The Labute approximate surface area is 86.4 Å². The Kier molecular flexibility index (Phi) is 5.60. The molecule has 1 aliphatic carbocycles. The van der Waals surface area contributed by atoms with Crippen LogP contribution in [0.2, 0.25) is 0 Å². The van der Waals surface area contributed by atoms with E-state index in [-0.39, 0.29) is 5.91 Å². The molecular formula is C11H22N2O. The highest BCUT2D eigenvalue weighted by atomic mass is 16.1. The zero-order valence-electron chi connectivity index (χ0n) is 8.93. The molecule has 0 atom stereocenters. The SMILES string of the molecule is NCCNC(=O)CC1CCCCCC1. The summed E-state index contributed by atoms with van der Waals surface area (Å²) in [4.78, 5) is 11.4. The van der Waals surface area contributed by atoms with Crippen LogP contribution in [0.15, 0.2) is 0 Å². The average molecular weight is 198 g/mol. The molecule has 3 N–H and O–H groups in total. The van der Waals surface area contributed by atoms with Gasteiger partial charge in [0.15, 0.2) is 0 Å². The molecule has 0 aromatic heterocycles. The number of amides is 1. The summed E-state index contributed by atoms with van der Waals surface area (Å²) in [7, 11) is 0. The molecule has 1 aliphatic rings. The second-order valence-electron chi connectivity index (χ2n) is 4.20. The van der Waals surface area contributed by atoms with Crippen LogP contribution in [-0.4, -0.2) is 19.0 Å². The molecule has 1 saturated carbocycles. The summed E-state index contributed by atoms with van der Waals surface area (Å²) in [6, 6.07) is 0. The van der Waals surface area contributed by atoms with E-state index in [0.29, 0.717) is 25.4 Å². The van der Waals surface area contributed by atoms with Gasteiger partial charge in [-0.3, -0.25) is 4.79 Å². The number of carbonyl (C=O) groups excluding carboxylic acids is 1. The van der Waals surface area contributed by atoms with Gasteiger partial charge in [-0.05, 0) is 18.8 Å². The minimum absolute atomic E-state index is 0.183. The highest BCUT2D eigenvalue weighted by molar-refractivity contribution is 5.76. The van der Waals surface area contributed by atoms with Crippen molar-refractivity contribution in [2.24, 2.45) is 11.7 Å². The first-order valence-corrected chi connectivity index (χ1v) is 5.79. The number of hydrogen-bond acceptors (Lipinski definition) is 2. The second kappa shape index (κ2) is 6.82.